The first-order chi connectivity index (χ1) is 14.3. The van der Waals surface area contributed by atoms with Crippen molar-refractivity contribution >= 4 is 0 Å². The predicted octanol–water partition coefficient (Wildman–Crippen LogP) is 3.33. The van der Waals surface area contributed by atoms with Gasteiger partial charge in [-0.25, -0.2) is 4.39 Å². The minimum absolute atomic E-state index is 0.0127. The molecule has 2 heterocycles. The van der Waals surface area contributed by atoms with E-state index in [4.69, 9.17) is 23.8 Å². The average molecular weight is 336 g/mol. The molecule has 4 nitrogen and oxygen atoms in total. The van der Waals surface area contributed by atoms with E-state index in [0.717, 1.165) is 12.1 Å². The Morgan fingerprint density at radius 2 is 2.08 bits per heavy atom. The number of piperidine rings is 1. The van der Waals surface area contributed by atoms with Crippen LogP contribution >= 0.6 is 0 Å². The first-order valence-electron chi connectivity index (χ1n) is 11.0. The third-order valence-electron chi connectivity index (χ3n) is 3.84. The minimum atomic E-state index is -2.68. The van der Waals surface area contributed by atoms with Gasteiger partial charge in [0.05, 0.1) is 9.30 Å². The van der Waals surface area contributed by atoms with E-state index in [-0.39, 0.29) is 35.8 Å². The fraction of sp³-hybridized carbons (Fsp3) is 0.368. The Bertz CT molecular complexity index is 989. The Kier molecular flexibility index (Phi) is 2.59. The smallest absolute Gasteiger partial charge is 0.231 e. The van der Waals surface area contributed by atoms with Gasteiger partial charge < -0.3 is 19.5 Å². The number of rotatable bonds is 4. The zero-order chi connectivity index (χ0) is 22.7. The quantitative estimate of drug-likeness (QED) is 0.930. The summed E-state index contributed by atoms with van der Waals surface area (Å²) < 4.78 is 86.8. The van der Waals surface area contributed by atoms with Crippen molar-refractivity contribution in [1.82, 2.24) is 5.32 Å². The lowest BCUT2D eigenvalue weighted by molar-refractivity contribution is 0.173. The summed E-state index contributed by atoms with van der Waals surface area (Å²) in [5.74, 6) is -3.82. The molecule has 0 aromatic heterocycles. The second-order valence-corrected chi connectivity index (χ2v) is 5.40. The molecular weight excluding hydrogens is 309 g/mol. The molecule has 1 saturated heterocycles. The molecule has 0 amide bonds. The average Bonchev–Trinajstić information content (AvgIpc) is 2.93. The maximum Gasteiger partial charge on any atom is 0.231 e. The van der Waals surface area contributed by atoms with Crippen LogP contribution in [0.25, 0.3) is 0 Å². The SMILES string of the molecule is [2H]C1([2H])Oc2ccc(OC([2H])([2H])[C@@H]3C([2H])([2H])NCCC3([2H])c3ccc(F)cc3)cc2O1. The van der Waals surface area contributed by atoms with E-state index in [1.807, 2.05) is 0 Å². The topological polar surface area (TPSA) is 39.7 Å². The van der Waals surface area contributed by atoms with Crippen molar-refractivity contribution in [2.75, 3.05) is 26.3 Å². The summed E-state index contributed by atoms with van der Waals surface area (Å²) in [5, 5.41) is 2.61. The summed E-state index contributed by atoms with van der Waals surface area (Å²) in [6, 6.07) is 8.97. The van der Waals surface area contributed by atoms with Crippen molar-refractivity contribution in [3.05, 3.63) is 53.8 Å². The van der Waals surface area contributed by atoms with Crippen molar-refractivity contribution in [2.24, 2.45) is 5.92 Å². The fourth-order valence-corrected chi connectivity index (χ4v) is 2.63. The summed E-state index contributed by atoms with van der Waals surface area (Å²) in [5.41, 5.74) is 0.274. The molecule has 1 N–H and O–H groups in total. The molecule has 2 aromatic rings. The molecule has 2 atom stereocenters. The largest absolute Gasteiger partial charge is 0.493 e. The molecule has 1 fully saturated rings. The Hall–Kier alpha value is -2.27. The third-order valence-corrected chi connectivity index (χ3v) is 3.84. The Balaban J connectivity index is 1.69. The second kappa shape index (κ2) is 6.69. The Morgan fingerprint density at radius 1 is 1.25 bits per heavy atom. The van der Waals surface area contributed by atoms with Gasteiger partial charge in [0.15, 0.2) is 11.5 Å². The highest BCUT2D eigenvalue weighted by Crippen LogP contribution is 2.36. The van der Waals surface area contributed by atoms with Crippen LogP contribution in [-0.2, 0) is 0 Å². The minimum Gasteiger partial charge on any atom is -0.493 e. The Morgan fingerprint density at radius 3 is 2.96 bits per heavy atom. The number of nitrogens with one attached hydrogen (secondary N) is 1. The summed E-state index contributed by atoms with van der Waals surface area (Å²) in [7, 11) is 0. The van der Waals surface area contributed by atoms with Gasteiger partial charge in [0.25, 0.3) is 0 Å². The number of benzene rings is 2. The van der Waals surface area contributed by atoms with Crippen LogP contribution in [-0.4, -0.2) is 26.3 Å². The molecule has 24 heavy (non-hydrogen) atoms. The van der Waals surface area contributed by atoms with Gasteiger partial charge in [-0.2, -0.15) is 0 Å². The van der Waals surface area contributed by atoms with Crippen LogP contribution in [0.15, 0.2) is 42.5 Å². The van der Waals surface area contributed by atoms with Crippen LogP contribution in [0.4, 0.5) is 4.39 Å². The van der Waals surface area contributed by atoms with Crippen LogP contribution in [0.2, 0.25) is 0 Å². The molecule has 0 radical (unpaired) electrons. The van der Waals surface area contributed by atoms with Gasteiger partial charge in [-0.15, -0.1) is 0 Å². The highest BCUT2D eigenvalue weighted by molar-refractivity contribution is 5.46. The fourth-order valence-electron chi connectivity index (χ4n) is 2.63. The normalized spacial score (nSPS) is 34.5. The van der Waals surface area contributed by atoms with E-state index < -0.39 is 37.4 Å². The number of halogens is 1. The number of ether oxygens (including phenoxy) is 3. The molecule has 0 bridgehead atoms. The summed E-state index contributed by atoms with van der Waals surface area (Å²) in [4.78, 5) is 0. The molecule has 2 aliphatic heterocycles. The van der Waals surface area contributed by atoms with Gasteiger partial charge in [-0.05, 0) is 48.7 Å². The lowest BCUT2D eigenvalue weighted by Crippen LogP contribution is -2.38. The second-order valence-electron chi connectivity index (χ2n) is 5.40. The molecule has 126 valence electrons. The maximum absolute atomic E-state index is 13.4. The predicted molar refractivity (Wildman–Crippen MR) is 88.2 cm³/mol. The van der Waals surface area contributed by atoms with E-state index in [2.05, 4.69) is 5.32 Å². The van der Waals surface area contributed by atoms with E-state index in [0.29, 0.717) is 0 Å². The van der Waals surface area contributed by atoms with Gasteiger partial charge in [0.1, 0.15) is 14.3 Å². The van der Waals surface area contributed by atoms with Gasteiger partial charge in [0.2, 0.25) is 6.75 Å². The van der Waals surface area contributed by atoms with Crippen molar-refractivity contribution in [2.45, 2.75) is 12.3 Å². The maximum atomic E-state index is 13.4. The monoisotopic (exact) mass is 336 g/mol. The summed E-state index contributed by atoms with van der Waals surface area (Å²) in [6.45, 7) is -7.23. The molecule has 5 heteroatoms. The van der Waals surface area contributed by atoms with Crippen LogP contribution < -0.4 is 19.5 Å². The van der Waals surface area contributed by atoms with Crippen molar-refractivity contribution in [1.29, 1.82) is 0 Å². The third kappa shape index (κ3) is 3.17. The molecule has 1 unspecified atom stereocenters. The van der Waals surface area contributed by atoms with Crippen LogP contribution in [0, 0.1) is 11.7 Å². The van der Waals surface area contributed by atoms with E-state index >= 15 is 0 Å². The number of hydrogen-bond acceptors (Lipinski definition) is 4. The zero-order valence-electron chi connectivity index (χ0n) is 19.6. The standard InChI is InChI=1S/C19H20FNO3/c20-15-3-1-13(2-4-15)17-7-8-21-10-14(17)11-22-16-5-6-18-19(9-16)24-12-23-18/h1-6,9,14,17,21H,7-8,10-12H2/t14-,17?/m0/s1/i10D2,11D2,12D2,17D. The highest BCUT2D eigenvalue weighted by Gasteiger charge is 2.27. The van der Waals surface area contributed by atoms with Crippen LogP contribution in [0.3, 0.4) is 0 Å². The van der Waals surface area contributed by atoms with Crippen molar-refractivity contribution in [3.63, 3.8) is 0 Å². The lowest BCUT2D eigenvalue weighted by atomic mass is 9.81. The molecule has 2 aliphatic rings. The van der Waals surface area contributed by atoms with E-state index in [1.165, 1.54) is 30.3 Å². The van der Waals surface area contributed by atoms with Crippen molar-refractivity contribution < 1.29 is 28.2 Å². The Labute approximate surface area is 150 Å². The first kappa shape index (κ1) is 9.28. The van der Waals surface area contributed by atoms with Crippen LogP contribution in [0.5, 0.6) is 17.2 Å². The van der Waals surface area contributed by atoms with Gasteiger partial charge in [0, 0.05) is 22.6 Å². The first-order valence-corrected chi connectivity index (χ1v) is 7.55. The number of hydrogen-bond donors (Lipinski definition) is 1. The van der Waals surface area contributed by atoms with E-state index in [9.17, 15) is 4.39 Å². The van der Waals surface area contributed by atoms with Gasteiger partial charge in [-0.3, -0.25) is 0 Å². The van der Waals surface area contributed by atoms with Crippen LogP contribution in [0.1, 0.15) is 27.5 Å². The molecule has 4 rings (SSSR count). The molecule has 0 spiro atoms. The van der Waals surface area contributed by atoms with E-state index in [1.54, 1.807) is 0 Å². The lowest BCUT2D eigenvalue weighted by Gasteiger charge is -2.32. The summed E-state index contributed by atoms with van der Waals surface area (Å²) >= 11 is 0. The zero-order valence-corrected chi connectivity index (χ0v) is 12.6. The molecular formula is C19H20FNO3. The molecule has 0 aliphatic carbocycles. The number of fused-ring (bicyclic) bond motifs is 1. The summed E-state index contributed by atoms with van der Waals surface area (Å²) in [6.07, 6.45) is 0.0764. The highest BCUT2D eigenvalue weighted by atomic mass is 19.1. The van der Waals surface area contributed by atoms with Crippen molar-refractivity contribution in [3.8, 4) is 17.2 Å². The molecule has 2 aromatic carbocycles. The van der Waals surface area contributed by atoms with Gasteiger partial charge >= 0.3 is 0 Å². The van der Waals surface area contributed by atoms with Gasteiger partial charge in [-0.1, -0.05) is 12.1 Å². The molecule has 0 saturated carbocycles.